The highest BCUT2D eigenvalue weighted by Crippen LogP contribution is 2.38. The first-order chi connectivity index (χ1) is 12.5. The smallest absolute Gasteiger partial charge is 0.374 e. The molecule has 26 heavy (non-hydrogen) atoms. The zero-order chi connectivity index (χ0) is 19.1. The van der Waals surface area contributed by atoms with Gasteiger partial charge in [-0.25, -0.2) is 4.79 Å². The molecule has 2 aromatic rings. The Morgan fingerprint density at radius 3 is 2.19 bits per heavy atom. The predicted octanol–water partition coefficient (Wildman–Crippen LogP) is 2.38. The summed E-state index contributed by atoms with van der Waals surface area (Å²) >= 11 is 0. The maximum absolute atomic E-state index is 12.1. The molecule has 0 atom stereocenters. The molecule has 0 saturated heterocycles. The second-order valence-corrected chi connectivity index (χ2v) is 5.14. The summed E-state index contributed by atoms with van der Waals surface area (Å²) in [4.78, 5) is 23.7. The number of rotatable bonds is 8. The minimum Gasteiger partial charge on any atom is -0.493 e. The average molecular weight is 364 g/mol. The summed E-state index contributed by atoms with van der Waals surface area (Å²) in [5.74, 6) is 0.207. The van der Waals surface area contributed by atoms with E-state index in [9.17, 15) is 9.59 Å². The molecule has 0 fully saturated rings. The van der Waals surface area contributed by atoms with E-state index in [1.165, 1.54) is 34.7 Å². The van der Waals surface area contributed by atoms with Crippen molar-refractivity contribution in [3.63, 3.8) is 0 Å². The molecule has 8 nitrogen and oxygen atoms in total. The SMILES string of the molecule is COC(=O)c1occc1COC(=O)Cc1cc(OC)c(OC)c(OC)c1. The van der Waals surface area contributed by atoms with E-state index in [-0.39, 0.29) is 18.8 Å². The number of methoxy groups -OCH3 is 4. The second-order valence-electron chi connectivity index (χ2n) is 5.14. The van der Waals surface area contributed by atoms with Crippen LogP contribution in [0.5, 0.6) is 17.2 Å². The molecule has 8 heteroatoms. The lowest BCUT2D eigenvalue weighted by Gasteiger charge is -2.14. The van der Waals surface area contributed by atoms with Gasteiger partial charge in [-0.2, -0.15) is 0 Å². The molecule has 0 aliphatic carbocycles. The summed E-state index contributed by atoms with van der Waals surface area (Å²) in [5, 5.41) is 0. The first-order valence-corrected chi connectivity index (χ1v) is 7.63. The molecule has 2 rings (SSSR count). The van der Waals surface area contributed by atoms with Crippen LogP contribution < -0.4 is 14.2 Å². The van der Waals surface area contributed by atoms with Gasteiger partial charge in [0.15, 0.2) is 11.5 Å². The monoisotopic (exact) mass is 364 g/mol. The zero-order valence-electron chi connectivity index (χ0n) is 15.0. The van der Waals surface area contributed by atoms with E-state index < -0.39 is 11.9 Å². The van der Waals surface area contributed by atoms with Crippen molar-refractivity contribution in [3.8, 4) is 17.2 Å². The highest BCUT2D eigenvalue weighted by Gasteiger charge is 2.18. The van der Waals surface area contributed by atoms with Gasteiger partial charge >= 0.3 is 11.9 Å². The minimum atomic E-state index is -0.634. The lowest BCUT2D eigenvalue weighted by Crippen LogP contribution is -2.10. The zero-order valence-corrected chi connectivity index (χ0v) is 15.0. The molecule has 1 aromatic carbocycles. The molecule has 0 radical (unpaired) electrons. The number of hydrogen-bond acceptors (Lipinski definition) is 8. The number of furan rings is 1. The quantitative estimate of drug-likeness (QED) is 0.659. The highest BCUT2D eigenvalue weighted by molar-refractivity contribution is 5.87. The summed E-state index contributed by atoms with van der Waals surface area (Å²) < 4.78 is 30.6. The molecule has 0 bridgehead atoms. The fourth-order valence-corrected chi connectivity index (χ4v) is 2.33. The second kappa shape index (κ2) is 8.80. The van der Waals surface area contributed by atoms with E-state index in [1.807, 2.05) is 0 Å². The predicted molar refractivity (Wildman–Crippen MR) is 89.6 cm³/mol. The summed E-state index contributed by atoms with van der Waals surface area (Å²) in [5.41, 5.74) is 1.06. The topological polar surface area (TPSA) is 93.4 Å². The van der Waals surface area contributed by atoms with Crippen LogP contribution in [0.1, 0.15) is 21.7 Å². The Bertz CT molecular complexity index is 752. The van der Waals surface area contributed by atoms with Crippen LogP contribution in [-0.4, -0.2) is 40.4 Å². The van der Waals surface area contributed by atoms with Crippen LogP contribution in [-0.2, 0) is 27.3 Å². The number of esters is 2. The Morgan fingerprint density at radius 1 is 1.00 bits per heavy atom. The number of carbonyl (C=O) groups is 2. The summed E-state index contributed by atoms with van der Waals surface area (Å²) in [6, 6.07) is 4.87. The van der Waals surface area contributed by atoms with Gasteiger partial charge < -0.3 is 28.1 Å². The average Bonchev–Trinajstić information content (AvgIpc) is 3.13. The van der Waals surface area contributed by atoms with E-state index in [0.29, 0.717) is 28.4 Å². The van der Waals surface area contributed by atoms with Gasteiger partial charge in [-0.15, -0.1) is 0 Å². The Hall–Kier alpha value is -3.16. The van der Waals surface area contributed by atoms with Crippen LogP contribution in [0.25, 0.3) is 0 Å². The lowest BCUT2D eigenvalue weighted by atomic mass is 10.1. The van der Waals surface area contributed by atoms with E-state index >= 15 is 0 Å². The van der Waals surface area contributed by atoms with Gasteiger partial charge in [0.05, 0.1) is 41.1 Å². The third kappa shape index (κ3) is 4.27. The summed E-state index contributed by atoms with van der Waals surface area (Å²) in [7, 11) is 5.72. The molecule has 1 heterocycles. The fraction of sp³-hybridized carbons (Fsp3) is 0.333. The van der Waals surface area contributed by atoms with E-state index in [0.717, 1.165) is 0 Å². The maximum atomic E-state index is 12.1. The molecule has 0 amide bonds. The third-order valence-corrected chi connectivity index (χ3v) is 3.58. The van der Waals surface area contributed by atoms with Crippen molar-refractivity contribution in [2.75, 3.05) is 28.4 Å². The molecular formula is C18H20O8. The first kappa shape index (κ1) is 19.2. The largest absolute Gasteiger partial charge is 0.493 e. The molecular weight excluding hydrogens is 344 g/mol. The van der Waals surface area contributed by atoms with Crippen molar-refractivity contribution in [2.24, 2.45) is 0 Å². The molecule has 0 saturated carbocycles. The van der Waals surface area contributed by atoms with Gasteiger partial charge in [-0.1, -0.05) is 0 Å². The lowest BCUT2D eigenvalue weighted by molar-refractivity contribution is -0.144. The van der Waals surface area contributed by atoms with Crippen LogP contribution in [0.2, 0.25) is 0 Å². The van der Waals surface area contributed by atoms with Crippen molar-refractivity contribution in [1.82, 2.24) is 0 Å². The van der Waals surface area contributed by atoms with Crippen molar-refractivity contribution in [1.29, 1.82) is 0 Å². The van der Waals surface area contributed by atoms with Gasteiger partial charge in [0, 0.05) is 5.56 Å². The van der Waals surface area contributed by atoms with E-state index in [2.05, 4.69) is 4.74 Å². The minimum absolute atomic E-state index is 0.00749. The standard InChI is InChI=1S/C18H20O8/c1-21-13-7-11(8-14(22-2)17(13)23-3)9-15(19)26-10-12-5-6-25-16(12)18(20)24-4/h5-8H,9-10H2,1-4H3. The van der Waals surface area contributed by atoms with Crippen molar-refractivity contribution in [2.45, 2.75) is 13.0 Å². The maximum Gasteiger partial charge on any atom is 0.374 e. The summed E-state index contributed by atoms with van der Waals surface area (Å²) in [6.07, 6.45) is 1.32. The van der Waals surface area contributed by atoms with Gasteiger partial charge in [-0.3, -0.25) is 4.79 Å². The molecule has 0 N–H and O–H groups in total. The number of ether oxygens (including phenoxy) is 5. The number of benzene rings is 1. The number of hydrogen-bond donors (Lipinski definition) is 0. The van der Waals surface area contributed by atoms with Gasteiger partial charge in [-0.05, 0) is 23.8 Å². The Balaban J connectivity index is 2.06. The first-order valence-electron chi connectivity index (χ1n) is 7.63. The van der Waals surface area contributed by atoms with Crippen molar-refractivity contribution >= 4 is 11.9 Å². The van der Waals surface area contributed by atoms with Crippen LogP contribution in [0.3, 0.4) is 0 Å². The van der Waals surface area contributed by atoms with Crippen molar-refractivity contribution < 1.29 is 37.7 Å². The third-order valence-electron chi connectivity index (χ3n) is 3.58. The fourth-order valence-electron chi connectivity index (χ4n) is 2.33. The molecule has 0 aliphatic heterocycles. The van der Waals surface area contributed by atoms with Crippen LogP contribution in [0.15, 0.2) is 28.9 Å². The summed E-state index contributed by atoms with van der Waals surface area (Å²) in [6.45, 7) is -0.107. The van der Waals surface area contributed by atoms with Gasteiger partial charge in [0.2, 0.25) is 11.5 Å². The van der Waals surface area contributed by atoms with Gasteiger partial charge in [0.1, 0.15) is 6.61 Å². The van der Waals surface area contributed by atoms with Crippen LogP contribution >= 0.6 is 0 Å². The normalized spacial score (nSPS) is 10.2. The Labute approximate surface area is 150 Å². The molecule has 0 spiro atoms. The Kier molecular flexibility index (Phi) is 6.48. The van der Waals surface area contributed by atoms with E-state index in [1.54, 1.807) is 18.2 Å². The highest BCUT2D eigenvalue weighted by atomic mass is 16.5. The molecule has 0 aliphatic rings. The number of carbonyl (C=O) groups excluding carboxylic acids is 2. The molecule has 1 aromatic heterocycles. The van der Waals surface area contributed by atoms with Crippen LogP contribution in [0, 0.1) is 0 Å². The van der Waals surface area contributed by atoms with Crippen LogP contribution in [0.4, 0.5) is 0 Å². The van der Waals surface area contributed by atoms with Crippen molar-refractivity contribution in [3.05, 3.63) is 41.3 Å². The van der Waals surface area contributed by atoms with Gasteiger partial charge in [0.25, 0.3) is 0 Å². The Morgan fingerprint density at radius 2 is 1.65 bits per heavy atom. The molecule has 0 unspecified atom stereocenters. The van der Waals surface area contributed by atoms with E-state index in [4.69, 9.17) is 23.4 Å². The molecule has 140 valence electrons.